The van der Waals surface area contributed by atoms with Crippen LogP contribution in [0.25, 0.3) is 0 Å². The lowest BCUT2D eigenvalue weighted by Crippen LogP contribution is -2.22. The molecule has 0 aliphatic heterocycles. The van der Waals surface area contributed by atoms with E-state index >= 15 is 0 Å². The Balaban J connectivity index is 3.05. The van der Waals surface area contributed by atoms with E-state index in [0.717, 1.165) is 25.8 Å². The maximum absolute atomic E-state index is 10.7. The number of hydrogen-bond donors (Lipinski definition) is 2. The summed E-state index contributed by atoms with van der Waals surface area (Å²) in [4.78, 5) is 0. The van der Waals surface area contributed by atoms with Crippen LogP contribution < -0.4 is 10.5 Å². The van der Waals surface area contributed by atoms with Gasteiger partial charge in [-0.05, 0) is 19.4 Å². The summed E-state index contributed by atoms with van der Waals surface area (Å²) in [6, 6.07) is 0. The molecular weight excluding hydrogens is 224 g/mol. The maximum Gasteiger partial charge on any atom is 0.208 e. The van der Waals surface area contributed by atoms with Crippen molar-refractivity contribution in [3.05, 3.63) is 0 Å². The molecule has 0 rings (SSSR count). The van der Waals surface area contributed by atoms with Crippen molar-refractivity contribution >= 4 is 10.0 Å². The topological polar surface area (TPSA) is 72.2 Å². The molecule has 0 aliphatic carbocycles. The molecule has 0 aromatic carbocycles. The van der Waals surface area contributed by atoms with E-state index in [0.29, 0.717) is 6.54 Å². The van der Waals surface area contributed by atoms with Crippen LogP contribution in [0.3, 0.4) is 0 Å². The Kier molecular flexibility index (Phi) is 9.97. The molecule has 0 fully saturated rings. The second kappa shape index (κ2) is 10.1. The highest BCUT2D eigenvalue weighted by Crippen LogP contribution is 2.07. The highest BCUT2D eigenvalue weighted by atomic mass is 32.2. The molecule has 0 atom stereocenters. The van der Waals surface area contributed by atoms with Crippen molar-refractivity contribution in [2.45, 2.75) is 51.4 Å². The molecule has 0 spiro atoms. The Hall–Kier alpha value is -0.130. The van der Waals surface area contributed by atoms with E-state index in [1.54, 1.807) is 0 Å². The minimum absolute atomic E-state index is 0.575. The summed E-state index contributed by atoms with van der Waals surface area (Å²) in [5.41, 5.74) is 5.40. The number of hydrogen-bond acceptors (Lipinski definition) is 3. The van der Waals surface area contributed by atoms with Gasteiger partial charge in [0.2, 0.25) is 10.0 Å². The van der Waals surface area contributed by atoms with Gasteiger partial charge in [-0.3, -0.25) is 0 Å². The maximum atomic E-state index is 10.7. The summed E-state index contributed by atoms with van der Waals surface area (Å²) < 4.78 is 24.0. The smallest absolute Gasteiger partial charge is 0.208 e. The van der Waals surface area contributed by atoms with Crippen molar-refractivity contribution in [1.29, 1.82) is 0 Å². The molecule has 0 amide bonds. The minimum atomic E-state index is -2.99. The van der Waals surface area contributed by atoms with Crippen LogP contribution in [0, 0.1) is 0 Å². The Bertz CT molecular complexity index is 240. The molecule has 0 saturated heterocycles. The summed E-state index contributed by atoms with van der Waals surface area (Å²) in [5, 5.41) is 0. The predicted molar refractivity (Wildman–Crippen MR) is 68.8 cm³/mol. The highest BCUT2D eigenvalue weighted by Gasteiger charge is 1.98. The van der Waals surface area contributed by atoms with Crippen LogP contribution in [0.2, 0.25) is 0 Å². The van der Waals surface area contributed by atoms with Gasteiger partial charge >= 0.3 is 0 Å². The quantitative estimate of drug-likeness (QED) is 0.547. The number of nitrogens with one attached hydrogen (secondary N) is 1. The van der Waals surface area contributed by atoms with Gasteiger partial charge in [0.1, 0.15) is 0 Å². The van der Waals surface area contributed by atoms with Crippen LogP contribution in [-0.2, 0) is 10.0 Å². The van der Waals surface area contributed by atoms with E-state index in [9.17, 15) is 8.42 Å². The fraction of sp³-hybridized carbons (Fsp3) is 1.00. The van der Waals surface area contributed by atoms with Crippen LogP contribution in [0.15, 0.2) is 0 Å². The fourth-order valence-corrected chi connectivity index (χ4v) is 2.10. The van der Waals surface area contributed by atoms with Crippen LogP contribution in [0.5, 0.6) is 0 Å². The summed E-state index contributed by atoms with van der Waals surface area (Å²) in [6.45, 7) is 1.38. The molecular formula is C11H26N2O2S. The van der Waals surface area contributed by atoms with Crippen molar-refractivity contribution in [1.82, 2.24) is 4.72 Å². The van der Waals surface area contributed by atoms with E-state index in [1.807, 2.05) is 0 Å². The first-order valence-electron chi connectivity index (χ1n) is 6.21. The van der Waals surface area contributed by atoms with Gasteiger partial charge in [-0.15, -0.1) is 0 Å². The Morgan fingerprint density at radius 2 is 1.31 bits per heavy atom. The molecule has 0 bridgehead atoms. The zero-order valence-corrected chi connectivity index (χ0v) is 11.2. The Morgan fingerprint density at radius 3 is 1.75 bits per heavy atom. The van der Waals surface area contributed by atoms with Crippen molar-refractivity contribution in [2.24, 2.45) is 5.73 Å². The lowest BCUT2D eigenvalue weighted by Gasteiger charge is -2.02. The molecule has 98 valence electrons. The minimum Gasteiger partial charge on any atom is -0.330 e. The normalized spacial score (nSPS) is 11.9. The highest BCUT2D eigenvalue weighted by molar-refractivity contribution is 7.88. The summed E-state index contributed by atoms with van der Waals surface area (Å²) in [6.07, 6.45) is 10.6. The van der Waals surface area contributed by atoms with Crippen molar-refractivity contribution in [2.75, 3.05) is 19.3 Å². The lowest BCUT2D eigenvalue weighted by molar-refractivity contribution is 0.559. The molecule has 0 heterocycles. The molecule has 5 heteroatoms. The zero-order chi connectivity index (χ0) is 12.3. The third-order valence-electron chi connectivity index (χ3n) is 2.50. The monoisotopic (exact) mass is 250 g/mol. The molecule has 16 heavy (non-hydrogen) atoms. The SMILES string of the molecule is CS(=O)(=O)NCCCCCCCCCCN. The van der Waals surface area contributed by atoms with Gasteiger partial charge in [0.25, 0.3) is 0 Å². The van der Waals surface area contributed by atoms with Gasteiger partial charge in [-0.1, -0.05) is 38.5 Å². The summed E-state index contributed by atoms with van der Waals surface area (Å²) >= 11 is 0. The molecule has 0 unspecified atom stereocenters. The summed E-state index contributed by atoms with van der Waals surface area (Å²) in [7, 11) is -2.99. The largest absolute Gasteiger partial charge is 0.330 e. The van der Waals surface area contributed by atoms with Crippen LogP contribution >= 0.6 is 0 Å². The number of unbranched alkanes of at least 4 members (excludes halogenated alkanes) is 7. The van der Waals surface area contributed by atoms with Gasteiger partial charge in [-0.2, -0.15) is 0 Å². The molecule has 0 saturated carbocycles. The third kappa shape index (κ3) is 13.9. The van der Waals surface area contributed by atoms with Crippen molar-refractivity contribution in [3.63, 3.8) is 0 Å². The van der Waals surface area contributed by atoms with Crippen LogP contribution in [0.1, 0.15) is 51.4 Å². The zero-order valence-electron chi connectivity index (χ0n) is 10.4. The van der Waals surface area contributed by atoms with E-state index in [2.05, 4.69) is 4.72 Å². The number of rotatable bonds is 11. The van der Waals surface area contributed by atoms with E-state index in [4.69, 9.17) is 5.73 Å². The number of sulfonamides is 1. The van der Waals surface area contributed by atoms with E-state index in [-0.39, 0.29) is 0 Å². The molecule has 0 aromatic rings. The number of nitrogens with two attached hydrogens (primary N) is 1. The molecule has 0 aliphatic rings. The van der Waals surface area contributed by atoms with Gasteiger partial charge in [0.05, 0.1) is 6.26 Å². The second-order valence-electron chi connectivity index (χ2n) is 4.28. The van der Waals surface area contributed by atoms with Crippen molar-refractivity contribution < 1.29 is 8.42 Å². The second-order valence-corrected chi connectivity index (χ2v) is 6.12. The van der Waals surface area contributed by atoms with Gasteiger partial charge in [0, 0.05) is 6.54 Å². The van der Waals surface area contributed by atoms with E-state index < -0.39 is 10.0 Å². The first-order valence-corrected chi connectivity index (χ1v) is 8.10. The lowest BCUT2D eigenvalue weighted by atomic mass is 10.1. The summed E-state index contributed by atoms with van der Waals surface area (Å²) in [5.74, 6) is 0. The van der Waals surface area contributed by atoms with Gasteiger partial charge in [0.15, 0.2) is 0 Å². The third-order valence-corrected chi connectivity index (χ3v) is 3.22. The first-order chi connectivity index (χ1) is 7.56. The molecule has 3 N–H and O–H groups in total. The van der Waals surface area contributed by atoms with Crippen LogP contribution in [-0.4, -0.2) is 27.8 Å². The van der Waals surface area contributed by atoms with Crippen molar-refractivity contribution in [3.8, 4) is 0 Å². The Morgan fingerprint density at radius 1 is 0.875 bits per heavy atom. The molecule has 0 aromatic heterocycles. The average molecular weight is 250 g/mol. The van der Waals surface area contributed by atoms with Crippen LogP contribution in [0.4, 0.5) is 0 Å². The van der Waals surface area contributed by atoms with Gasteiger partial charge < -0.3 is 5.73 Å². The van der Waals surface area contributed by atoms with E-state index in [1.165, 1.54) is 38.4 Å². The Labute approximate surface area is 100 Å². The standard InChI is InChI=1S/C11H26N2O2S/c1-16(14,15)13-11-9-7-5-3-2-4-6-8-10-12/h13H,2-12H2,1H3. The van der Waals surface area contributed by atoms with Gasteiger partial charge in [-0.25, -0.2) is 13.1 Å². The molecule has 0 radical (unpaired) electrons. The average Bonchev–Trinajstić information content (AvgIpc) is 2.19. The predicted octanol–water partition coefficient (Wildman–Crippen LogP) is 1.62. The molecule has 4 nitrogen and oxygen atoms in total. The first kappa shape index (κ1) is 15.9. The fourth-order valence-electron chi connectivity index (χ4n) is 1.59.